The van der Waals surface area contributed by atoms with Gasteiger partial charge in [-0.1, -0.05) is 30.2 Å². The Morgan fingerprint density at radius 2 is 2.00 bits per heavy atom. The zero-order valence-corrected chi connectivity index (χ0v) is 13.8. The molecular formula is C20H18N2O3. The average molecular weight is 334 g/mol. The first kappa shape index (κ1) is 17.8. The molecule has 5 heteroatoms. The van der Waals surface area contributed by atoms with E-state index in [-0.39, 0.29) is 18.4 Å². The predicted octanol–water partition coefficient (Wildman–Crippen LogP) is 2.71. The van der Waals surface area contributed by atoms with Gasteiger partial charge in [-0.2, -0.15) is 0 Å². The molecule has 2 rings (SSSR count). The van der Waals surface area contributed by atoms with Gasteiger partial charge in [-0.3, -0.25) is 9.59 Å². The van der Waals surface area contributed by atoms with Crippen LogP contribution in [0.1, 0.15) is 15.9 Å². The summed E-state index contributed by atoms with van der Waals surface area (Å²) in [5.41, 5.74) is 1.59. The van der Waals surface area contributed by atoms with Crippen LogP contribution in [0.3, 0.4) is 0 Å². The minimum atomic E-state index is -0.347. The summed E-state index contributed by atoms with van der Waals surface area (Å²) in [5, 5.41) is 5.27. The van der Waals surface area contributed by atoms with E-state index < -0.39 is 0 Å². The van der Waals surface area contributed by atoms with Crippen molar-refractivity contribution in [1.29, 1.82) is 0 Å². The number of ether oxygens (including phenoxy) is 1. The number of hydrogen-bond donors (Lipinski definition) is 2. The number of benzene rings is 2. The summed E-state index contributed by atoms with van der Waals surface area (Å²) in [7, 11) is 1.58. The monoisotopic (exact) mass is 334 g/mol. The maximum atomic E-state index is 12.1. The van der Waals surface area contributed by atoms with Gasteiger partial charge in [0.25, 0.3) is 5.91 Å². The van der Waals surface area contributed by atoms with Crippen molar-refractivity contribution < 1.29 is 14.3 Å². The van der Waals surface area contributed by atoms with Gasteiger partial charge in [-0.15, -0.1) is 6.42 Å². The number of rotatable bonds is 6. The molecule has 0 heterocycles. The van der Waals surface area contributed by atoms with Crippen molar-refractivity contribution in [1.82, 2.24) is 5.32 Å². The van der Waals surface area contributed by atoms with E-state index in [0.29, 0.717) is 17.0 Å². The minimum absolute atomic E-state index is 0.122. The molecule has 0 aliphatic rings. The Bertz CT molecular complexity index is 835. The summed E-state index contributed by atoms with van der Waals surface area (Å²) in [6.07, 6.45) is 8.20. The van der Waals surface area contributed by atoms with Crippen LogP contribution in [0.25, 0.3) is 6.08 Å². The second kappa shape index (κ2) is 8.94. The molecule has 5 nitrogen and oxygen atoms in total. The fraction of sp³-hybridized carbons (Fsp3) is 0.100. The highest BCUT2D eigenvalue weighted by atomic mass is 16.5. The summed E-state index contributed by atoms with van der Waals surface area (Å²) >= 11 is 0. The second-order valence-electron chi connectivity index (χ2n) is 5.03. The Morgan fingerprint density at radius 1 is 1.20 bits per heavy atom. The first-order valence-electron chi connectivity index (χ1n) is 7.58. The third kappa shape index (κ3) is 5.26. The first-order valence-corrected chi connectivity index (χ1v) is 7.58. The van der Waals surface area contributed by atoms with E-state index >= 15 is 0 Å². The Labute approximate surface area is 146 Å². The van der Waals surface area contributed by atoms with Gasteiger partial charge in [0.1, 0.15) is 5.75 Å². The molecule has 0 radical (unpaired) electrons. The quantitative estimate of drug-likeness (QED) is 0.630. The minimum Gasteiger partial charge on any atom is -0.497 e. The van der Waals surface area contributed by atoms with Crippen LogP contribution in [0.4, 0.5) is 5.69 Å². The van der Waals surface area contributed by atoms with Crippen molar-refractivity contribution in [3.63, 3.8) is 0 Å². The molecule has 0 spiro atoms. The Morgan fingerprint density at radius 3 is 2.76 bits per heavy atom. The van der Waals surface area contributed by atoms with Crippen LogP contribution < -0.4 is 15.4 Å². The Kier molecular flexibility index (Phi) is 6.38. The van der Waals surface area contributed by atoms with E-state index in [9.17, 15) is 9.59 Å². The van der Waals surface area contributed by atoms with Crippen molar-refractivity contribution in [2.24, 2.45) is 0 Å². The maximum absolute atomic E-state index is 12.1. The molecule has 2 amide bonds. The molecule has 2 aromatic rings. The largest absolute Gasteiger partial charge is 0.497 e. The maximum Gasteiger partial charge on any atom is 0.254 e. The van der Waals surface area contributed by atoms with Crippen LogP contribution >= 0.6 is 0 Å². The van der Waals surface area contributed by atoms with E-state index in [0.717, 1.165) is 5.56 Å². The second-order valence-corrected chi connectivity index (χ2v) is 5.03. The van der Waals surface area contributed by atoms with Gasteiger partial charge < -0.3 is 15.4 Å². The third-order valence-corrected chi connectivity index (χ3v) is 3.30. The van der Waals surface area contributed by atoms with Gasteiger partial charge >= 0.3 is 0 Å². The van der Waals surface area contributed by atoms with E-state index in [2.05, 4.69) is 16.6 Å². The smallest absolute Gasteiger partial charge is 0.254 e. The van der Waals surface area contributed by atoms with Crippen molar-refractivity contribution in [3.05, 3.63) is 65.7 Å². The molecule has 0 aromatic heterocycles. The fourth-order valence-electron chi connectivity index (χ4n) is 2.11. The topological polar surface area (TPSA) is 67.4 Å². The summed E-state index contributed by atoms with van der Waals surface area (Å²) in [6.45, 7) is 0.122. The molecule has 0 aliphatic heterocycles. The lowest BCUT2D eigenvalue weighted by atomic mass is 10.1. The number of hydrogen-bond acceptors (Lipinski definition) is 3. The summed E-state index contributed by atoms with van der Waals surface area (Å²) in [4.78, 5) is 24.2. The molecule has 0 bridgehead atoms. The normalized spacial score (nSPS) is 10.1. The van der Waals surface area contributed by atoms with Crippen molar-refractivity contribution in [2.45, 2.75) is 0 Å². The van der Waals surface area contributed by atoms with Gasteiger partial charge in [-0.05, 0) is 35.9 Å². The van der Waals surface area contributed by atoms with Crippen LogP contribution in [0.5, 0.6) is 5.75 Å². The number of carbonyl (C=O) groups excluding carboxylic acids is 2. The fourth-order valence-corrected chi connectivity index (χ4v) is 2.11. The van der Waals surface area contributed by atoms with E-state index in [1.54, 1.807) is 37.5 Å². The van der Waals surface area contributed by atoms with Gasteiger partial charge in [0.15, 0.2) is 0 Å². The lowest BCUT2D eigenvalue weighted by Crippen LogP contribution is -2.25. The lowest BCUT2D eigenvalue weighted by Gasteiger charge is -2.09. The number of nitrogens with one attached hydrogen (secondary N) is 2. The molecule has 2 N–H and O–H groups in total. The van der Waals surface area contributed by atoms with Crippen molar-refractivity contribution in [2.75, 3.05) is 19.0 Å². The van der Waals surface area contributed by atoms with Gasteiger partial charge in [-0.25, -0.2) is 0 Å². The number of anilines is 1. The number of methoxy groups -OCH3 is 1. The summed E-state index contributed by atoms with van der Waals surface area (Å²) < 4.78 is 5.14. The van der Waals surface area contributed by atoms with Crippen molar-refractivity contribution >= 4 is 23.6 Å². The number of terminal acetylenes is 1. The third-order valence-electron chi connectivity index (χ3n) is 3.30. The molecule has 25 heavy (non-hydrogen) atoms. The molecule has 0 atom stereocenters. The van der Waals surface area contributed by atoms with Crippen LogP contribution in [0.15, 0.2) is 54.6 Å². The molecular weight excluding hydrogens is 316 g/mol. The summed E-state index contributed by atoms with van der Waals surface area (Å²) in [6, 6.07) is 14.0. The van der Waals surface area contributed by atoms with Crippen LogP contribution in [-0.2, 0) is 4.79 Å². The van der Waals surface area contributed by atoms with Gasteiger partial charge in [0.2, 0.25) is 5.91 Å². The SMILES string of the molecule is C#CCNC(=O)c1ccccc1NC(=O)/C=C/c1cccc(OC)c1. The predicted molar refractivity (Wildman–Crippen MR) is 98.3 cm³/mol. The lowest BCUT2D eigenvalue weighted by molar-refractivity contribution is -0.111. The molecule has 2 aromatic carbocycles. The number of amides is 2. The van der Waals surface area contributed by atoms with E-state index in [1.807, 2.05) is 24.3 Å². The van der Waals surface area contributed by atoms with Crippen LogP contribution in [0, 0.1) is 12.3 Å². The zero-order chi connectivity index (χ0) is 18.1. The van der Waals surface area contributed by atoms with Crippen LogP contribution in [-0.4, -0.2) is 25.5 Å². The van der Waals surface area contributed by atoms with Gasteiger partial charge in [0.05, 0.1) is 24.9 Å². The average Bonchev–Trinajstić information content (AvgIpc) is 2.65. The number of carbonyl (C=O) groups is 2. The molecule has 0 saturated carbocycles. The Balaban J connectivity index is 2.09. The molecule has 0 fully saturated rings. The molecule has 0 aliphatic carbocycles. The highest BCUT2D eigenvalue weighted by Crippen LogP contribution is 2.16. The standard InChI is InChI=1S/C20H18N2O3/c1-3-13-21-20(24)17-9-4-5-10-18(17)22-19(23)12-11-15-7-6-8-16(14-15)25-2/h1,4-12,14H,13H2,2H3,(H,21,24)(H,22,23)/b12-11+. The number of para-hydroxylation sites is 1. The molecule has 0 unspecified atom stereocenters. The molecule has 0 saturated heterocycles. The highest BCUT2D eigenvalue weighted by molar-refractivity contribution is 6.07. The Hall–Kier alpha value is -3.52. The van der Waals surface area contributed by atoms with Crippen LogP contribution in [0.2, 0.25) is 0 Å². The van der Waals surface area contributed by atoms with E-state index in [4.69, 9.17) is 11.2 Å². The first-order chi connectivity index (χ1) is 12.1. The zero-order valence-electron chi connectivity index (χ0n) is 13.8. The van der Waals surface area contributed by atoms with E-state index in [1.165, 1.54) is 6.08 Å². The highest BCUT2D eigenvalue weighted by Gasteiger charge is 2.11. The van der Waals surface area contributed by atoms with Gasteiger partial charge in [0, 0.05) is 6.08 Å². The van der Waals surface area contributed by atoms with Crippen molar-refractivity contribution in [3.8, 4) is 18.1 Å². The summed E-state index contributed by atoms with van der Waals surface area (Å²) in [5.74, 6) is 2.35. The molecule has 126 valence electrons.